The van der Waals surface area contributed by atoms with E-state index in [1.807, 2.05) is 0 Å². The first-order valence-corrected chi connectivity index (χ1v) is 6.74. The Morgan fingerprint density at radius 3 is 2.57 bits per heavy atom. The number of hydrogen-bond acceptors (Lipinski definition) is 3. The van der Waals surface area contributed by atoms with Crippen LogP contribution in [0, 0.1) is 0 Å². The van der Waals surface area contributed by atoms with Crippen molar-refractivity contribution >= 4 is 11.6 Å². The van der Waals surface area contributed by atoms with Crippen LogP contribution in [0.2, 0.25) is 0 Å². The summed E-state index contributed by atoms with van der Waals surface area (Å²) in [6.45, 7) is 0. The van der Waals surface area contributed by atoms with Crippen LogP contribution in [0.3, 0.4) is 0 Å². The van der Waals surface area contributed by atoms with Gasteiger partial charge in [0.05, 0.1) is 23.3 Å². The van der Waals surface area contributed by atoms with Crippen molar-refractivity contribution in [1.29, 1.82) is 0 Å². The van der Waals surface area contributed by atoms with Crippen LogP contribution in [-0.2, 0) is 6.18 Å². The minimum absolute atomic E-state index is 0.0224. The van der Waals surface area contributed by atoms with E-state index in [0.29, 0.717) is 12.8 Å². The number of anilines is 1. The van der Waals surface area contributed by atoms with Gasteiger partial charge in [-0.2, -0.15) is 13.2 Å². The molecule has 0 saturated heterocycles. The van der Waals surface area contributed by atoms with E-state index >= 15 is 0 Å². The van der Waals surface area contributed by atoms with Crippen molar-refractivity contribution < 1.29 is 23.1 Å². The molecule has 2 rings (SSSR count). The number of nitrogens with two attached hydrogens (primary N) is 1. The van der Waals surface area contributed by atoms with Crippen molar-refractivity contribution in [2.75, 3.05) is 5.73 Å². The lowest BCUT2D eigenvalue weighted by atomic mass is 9.92. The molecule has 0 aliphatic heterocycles. The summed E-state index contributed by atoms with van der Waals surface area (Å²) >= 11 is 0. The Balaban J connectivity index is 2.18. The molecule has 2 unspecified atom stereocenters. The number of aliphatic hydroxyl groups is 1. The zero-order valence-corrected chi connectivity index (χ0v) is 11.3. The number of rotatable bonds is 2. The van der Waals surface area contributed by atoms with Gasteiger partial charge in [0, 0.05) is 5.69 Å². The number of hydrogen-bond donors (Lipinski definition) is 3. The van der Waals surface area contributed by atoms with E-state index < -0.39 is 29.8 Å². The molecule has 2 atom stereocenters. The molecule has 0 radical (unpaired) electrons. The molecule has 1 saturated carbocycles. The minimum Gasteiger partial charge on any atom is -0.398 e. The normalized spacial score (nSPS) is 22.9. The smallest absolute Gasteiger partial charge is 0.398 e. The molecule has 1 amide bonds. The Morgan fingerprint density at radius 2 is 1.95 bits per heavy atom. The number of aliphatic hydroxyl groups excluding tert-OH is 1. The van der Waals surface area contributed by atoms with Gasteiger partial charge in [-0.05, 0) is 31.0 Å². The number of amides is 1. The predicted molar refractivity (Wildman–Crippen MR) is 71.6 cm³/mol. The molecular weight excluding hydrogens is 285 g/mol. The monoisotopic (exact) mass is 302 g/mol. The van der Waals surface area contributed by atoms with E-state index in [0.717, 1.165) is 31.0 Å². The van der Waals surface area contributed by atoms with Gasteiger partial charge >= 0.3 is 6.18 Å². The molecule has 1 aliphatic rings. The molecule has 0 aromatic heterocycles. The first-order chi connectivity index (χ1) is 9.79. The summed E-state index contributed by atoms with van der Waals surface area (Å²) in [6, 6.07) is 2.19. The lowest BCUT2D eigenvalue weighted by molar-refractivity contribution is -0.137. The quantitative estimate of drug-likeness (QED) is 0.734. The maximum absolute atomic E-state index is 12.7. The van der Waals surface area contributed by atoms with Gasteiger partial charge in [0.2, 0.25) is 0 Å². The highest BCUT2D eigenvalue weighted by molar-refractivity contribution is 5.99. The van der Waals surface area contributed by atoms with Gasteiger partial charge in [0.25, 0.3) is 5.91 Å². The first-order valence-electron chi connectivity index (χ1n) is 6.74. The summed E-state index contributed by atoms with van der Waals surface area (Å²) in [6.07, 6.45) is -2.30. The summed E-state index contributed by atoms with van der Waals surface area (Å²) in [5.41, 5.74) is 4.42. The number of halogens is 3. The van der Waals surface area contributed by atoms with Crippen LogP contribution >= 0.6 is 0 Å². The molecule has 4 N–H and O–H groups in total. The molecule has 1 fully saturated rings. The van der Waals surface area contributed by atoms with Crippen LogP contribution < -0.4 is 11.1 Å². The van der Waals surface area contributed by atoms with E-state index in [1.165, 1.54) is 0 Å². The third kappa shape index (κ3) is 3.66. The summed E-state index contributed by atoms with van der Waals surface area (Å²) < 4.78 is 38.0. The van der Waals surface area contributed by atoms with Gasteiger partial charge in [-0.25, -0.2) is 0 Å². The van der Waals surface area contributed by atoms with Crippen molar-refractivity contribution in [3.8, 4) is 0 Å². The van der Waals surface area contributed by atoms with Gasteiger partial charge in [0.15, 0.2) is 0 Å². The molecule has 1 aliphatic carbocycles. The fraction of sp³-hybridized carbons (Fsp3) is 0.500. The van der Waals surface area contributed by atoms with Crippen molar-refractivity contribution in [3.05, 3.63) is 29.3 Å². The second kappa shape index (κ2) is 5.93. The van der Waals surface area contributed by atoms with E-state index in [9.17, 15) is 23.1 Å². The van der Waals surface area contributed by atoms with Crippen LogP contribution in [-0.4, -0.2) is 23.2 Å². The zero-order valence-electron chi connectivity index (χ0n) is 11.3. The average Bonchev–Trinajstić information content (AvgIpc) is 2.40. The molecule has 0 heterocycles. The molecule has 1 aromatic carbocycles. The summed E-state index contributed by atoms with van der Waals surface area (Å²) in [5, 5.41) is 12.4. The van der Waals surface area contributed by atoms with Gasteiger partial charge in [0.1, 0.15) is 0 Å². The Bertz CT molecular complexity index is 531. The Labute approximate surface area is 120 Å². The molecule has 4 nitrogen and oxygen atoms in total. The third-order valence-corrected chi connectivity index (χ3v) is 3.67. The van der Waals surface area contributed by atoms with Gasteiger partial charge < -0.3 is 16.2 Å². The fourth-order valence-electron chi connectivity index (χ4n) is 2.46. The Hall–Kier alpha value is -1.76. The van der Waals surface area contributed by atoms with Crippen LogP contribution in [0.4, 0.5) is 18.9 Å². The van der Waals surface area contributed by atoms with Crippen LogP contribution in [0.15, 0.2) is 18.2 Å². The lowest BCUT2D eigenvalue weighted by Crippen LogP contribution is -2.45. The van der Waals surface area contributed by atoms with Crippen LogP contribution in [0.5, 0.6) is 0 Å². The Kier molecular flexibility index (Phi) is 4.41. The molecule has 21 heavy (non-hydrogen) atoms. The van der Waals surface area contributed by atoms with E-state index in [-0.39, 0.29) is 11.3 Å². The summed E-state index contributed by atoms with van der Waals surface area (Å²) in [5.74, 6) is -0.690. The molecule has 7 heteroatoms. The average molecular weight is 302 g/mol. The van der Waals surface area contributed by atoms with Crippen LogP contribution in [0.1, 0.15) is 41.6 Å². The highest BCUT2D eigenvalue weighted by Gasteiger charge is 2.32. The first kappa shape index (κ1) is 15.6. The number of alkyl halides is 3. The maximum atomic E-state index is 12.7. The largest absolute Gasteiger partial charge is 0.416 e. The standard InChI is InChI=1S/C14H17F3N2O2/c15-14(16,17)8-5-6-10(18)9(7-8)13(21)19-11-3-1-2-4-12(11)20/h5-7,11-12,20H,1-4,18H2,(H,19,21). The van der Waals surface area contributed by atoms with Gasteiger partial charge in [-0.3, -0.25) is 4.79 Å². The zero-order chi connectivity index (χ0) is 15.6. The number of carbonyl (C=O) groups excluding carboxylic acids is 1. The van der Waals surface area contributed by atoms with Crippen molar-refractivity contribution in [2.45, 2.75) is 44.0 Å². The highest BCUT2D eigenvalue weighted by atomic mass is 19.4. The maximum Gasteiger partial charge on any atom is 0.416 e. The topological polar surface area (TPSA) is 75.4 Å². The Morgan fingerprint density at radius 1 is 1.29 bits per heavy atom. The predicted octanol–water partition coefficient (Wildman–Crippen LogP) is 2.32. The van der Waals surface area contributed by atoms with E-state index in [1.54, 1.807) is 0 Å². The van der Waals surface area contributed by atoms with Crippen molar-refractivity contribution in [1.82, 2.24) is 5.32 Å². The molecule has 1 aromatic rings. The molecular formula is C14H17F3N2O2. The summed E-state index contributed by atoms with van der Waals surface area (Å²) in [7, 11) is 0. The third-order valence-electron chi connectivity index (χ3n) is 3.67. The molecule has 0 spiro atoms. The van der Waals surface area contributed by atoms with Gasteiger partial charge in [-0.1, -0.05) is 12.8 Å². The minimum atomic E-state index is -4.53. The SMILES string of the molecule is Nc1ccc(C(F)(F)F)cc1C(=O)NC1CCCCC1O. The van der Waals surface area contributed by atoms with Crippen molar-refractivity contribution in [3.63, 3.8) is 0 Å². The number of nitrogen functional groups attached to an aromatic ring is 1. The summed E-state index contributed by atoms with van der Waals surface area (Å²) in [4.78, 5) is 12.1. The highest BCUT2D eigenvalue weighted by Crippen LogP contribution is 2.31. The lowest BCUT2D eigenvalue weighted by Gasteiger charge is -2.28. The van der Waals surface area contributed by atoms with Crippen LogP contribution in [0.25, 0.3) is 0 Å². The second-order valence-electron chi connectivity index (χ2n) is 5.23. The molecule has 0 bridgehead atoms. The van der Waals surface area contributed by atoms with E-state index in [2.05, 4.69) is 5.32 Å². The number of carbonyl (C=O) groups is 1. The second-order valence-corrected chi connectivity index (χ2v) is 5.23. The number of nitrogens with one attached hydrogen (secondary N) is 1. The molecule has 116 valence electrons. The fourth-order valence-corrected chi connectivity index (χ4v) is 2.46. The van der Waals surface area contributed by atoms with E-state index in [4.69, 9.17) is 5.73 Å². The van der Waals surface area contributed by atoms with Crippen molar-refractivity contribution in [2.24, 2.45) is 0 Å². The number of benzene rings is 1. The van der Waals surface area contributed by atoms with Gasteiger partial charge in [-0.15, -0.1) is 0 Å².